The highest BCUT2D eigenvalue weighted by molar-refractivity contribution is 5.84. The summed E-state index contributed by atoms with van der Waals surface area (Å²) < 4.78 is 24.1. The number of pyridine rings is 1. The lowest BCUT2D eigenvalue weighted by atomic mass is 10.1. The summed E-state index contributed by atoms with van der Waals surface area (Å²) in [6, 6.07) is 16.1. The van der Waals surface area contributed by atoms with Crippen LogP contribution in [0.3, 0.4) is 0 Å². The number of hydrogen-bond acceptors (Lipinski definition) is 7. The summed E-state index contributed by atoms with van der Waals surface area (Å²) in [6.07, 6.45) is 3.68. The fraction of sp³-hybridized carbons (Fsp3) is 0.148. The number of hydrogen-bond donors (Lipinski definition) is 1. The Kier molecular flexibility index (Phi) is 6.36. The Hall–Kier alpha value is -4.66. The Labute approximate surface area is 206 Å². The number of nitrogens with one attached hydrogen (secondary N) is 1. The minimum absolute atomic E-state index is 0.0293. The number of carbonyl (C=O) groups excluding carboxylic acids is 1. The van der Waals surface area contributed by atoms with E-state index in [1.807, 2.05) is 43.3 Å². The molecule has 0 aliphatic heterocycles. The number of nitrogens with zero attached hydrogens (tertiary/aromatic N) is 4. The number of H-pyrrole nitrogens is 1. The fourth-order valence-corrected chi connectivity index (χ4v) is 3.85. The molecule has 2 aromatic carbocycles. The van der Waals surface area contributed by atoms with Gasteiger partial charge >= 0.3 is 5.97 Å². The molecule has 5 aromatic rings. The van der Waals surface area contributed by atoms with Gasteiger partial charge < -0.3 is 14.5 Å². The van der Waals surface area contributed by atoms with Gasteiger partial charge in [0.15, 0.2) is 18.2 Å². The number of imidazole rings is 1. The minimum Gasteiger partial charge on any atom is -0.479 e. The van der Waals surface area contributed by atoms with E-state index in [0.29, 0.717) is 12.2 Å². The number of aryl methyl sites for hydroxylation is 1. The first kappa shape index (κ1) is 23.1. The van der Waals surface area contributed by atoms with Crippen molar-refractivity contribution >= 4 is 17.0 Å². The minimum atomic E-state index is -0.592. The largest absolute Gasteiger partial charge is 0.479 e. The summed E-state index contributed by atoms with van der Waals surface area (Å²) in [6.45, 7) is 1.55. The lowest BCUT2D eigenvalue weighted by Gasteiger charge is -2.08. The average molecular weight is 484 g/mol. The highest BCUT2D eigenvalue weighted by atomic mass is 19.1. The van der Waals surface area contributed by atoms with Crippen LogP contribution in [0.25, 0.3) is 33.7 Å². The average Bonchev–Trinajstić information content (AvgIpc) is 3.32. The number of halogens is 1. The van der Waals surface area contributed by atoms with Crippen LogP contribution >= 0.6 is 0 Å². The molecule has 0 aliphatic rings. The van der Waals surface area contributed by atoms with Crippen LogP contribution in [0.15, 0.2) is 67.0 Å². The first-order valence-corrected chi connectivity index (χ1v) is 11.2. The Morgan fingerprint density at radius 2 is 1.83 bits per heavy atom. The van der Waals surface area contributed by atoms with Gasteiger partial charge in [-0.25, -0.2) is 14.2 Å². The molecule has 0 radical (unpaired) electrons. The summed E-state index contributed by atoms with van der Waals surface area (Å²) in [7, 11) is 1.25. The van der Waals surface area contributed by atoms with Gasteiger partial charge in [0.2, 0.25) is 0 Å². The van der Waals surface area contributed by atoms with Crippen molar-refractivity contribution in [1.82, 2.24) is 24.9 Å². The maximum atomic E-state index is 14.2. The van der Waals surface area contributed by atoms with Crippen molar-refractivity contribution in [2.24, 2.45) is 0 Å². The number of benzene rings is 2. The SMILES string of the molecule is COC(=O)COc1cc(Cc2nc(-c3ccc4nccnc4c3)c(-c3cccc(C)n3)[nH]2)ccc1F. The highest BCUT2D eigenvalue weighted by Crippen LogP contribution is 2.31. The van der Waals surface area contributed by atoms with E-state index < -0.39 is 11.8 Å². The smallest absolute Gasteiger partial charge is 0.343 e. The number of ether oxygens (including phenoxy) is 2. The number of carbonyl (C=O) groups is 1. The predicted molar refractivity (Wildman–Crippen MR) is 132 cm³/mol. The molecule has 3 aromatic heterocycles. The van der Waals surface area contributed by atoms with Crippen LogP contribution in [0.5, 0.6) is 5.75 Å². The molecule has 3 heterocycles. The van der Waals surface area contributed by atoms with Crippen molar-refractivity contribution in [3.8, 4) is 28.4 Å². The molecule has 0 bridgehead atoms. The molecule has 0 spiro atoms. The van der Waals surface area contributed by atoms with Crippen LogP contribution in [0.1, 0.15) is 17.1 Å². The molecule has 5 rings (SSSR count). The lowest BCUT2D eigenvalue weighted by Crippen LogP contribution is -2.13. The fourth-order valence-electron chi connectivity index (χ4n) is 3.85. The third-order valence-electron chi connectivity index (χ3n) is 5.58. The van der Waals surface area contributed by atoms with E-state index in [-0.39, 0.29) is 12.4 Å². The normalized spacial score (nSPS) is 11.0. The zero-order valence-electron chi connectivity index (χ0n) is 19.7. The van der Waals surface area contributed by atoms with Crippen molar-refractivity contribution in [1.29, 1.82) is 0 Å². The summed E-state index contributed by atoms with van der Waals surface area (Å²) in [4.78, 5) is 33.1. The third-order valence-corrected chi connectivity index (χ3v) is 5.58. The van der Waals surface area contributed by atoms with E-state index >= 15 is 0 Å². The molecule has 0 saturated carbocycles. The van der Waals surface area contributed by atoms with Gasteiger partial charge in [0.25, 0.3) is 0 Å². The molecule has 0 atom stereocenters. The van der Waals surface area contributed by atoms with Crippen LogP contribution in [0.2, 0.25) is 0 Å². The molecular weight excluding hydrogens is 461 g/mol. The van der Waals surface area contributed by atoms with Crippen molar-refractivity contribution in [3.63, 3.8) is 0 Å². The van der Waals surface area contributed by atoms with E-state index in [1.165, 1.54) is 13.2 Å². The topological polar surface area (TPSA) is 103 Å². The first-order chi connectivity index (χ1) is 17.5. The Morgan fingerprint density at radius 1 is 1.00 bits per heavy atom. The van der Waals surface area contributed by atoms with E-state index in [0.717, 1.165) is 44.9 Å². The number of aromatic nitrogens is 5. The van der Waals surface area contributed by atoms with E-state index in [4.69, 9.17) is 9.72 Å². The Bertz CT molecular complexity index is 1570. The van der Waals surface area contributed by atoms with Gasteiger partial charge in [-0.2, -0.15) is 0 Å². The van der Waals surface area contributed by atoms with Crippen LogP contribution < -0.4 is 4.74 Å². The van der Waals surface area contributed by atoms with E-state index in [9.17, 15) is 9.18 Å². The molecule has 9 heteroatoms. The summed E-state index contributed by atoms with van der Waals surface area (Å²) in [5.41, 5.74) is 6.29. The second kappa shape index (κ2) is 9.91. The summed E-state index contributed by atoms with van der Waals surface area (Å²) in [5, 5.41) is 0. The van der Waals surface area contributed by atoms with Gasteiger partial charge in [0, 0.05) is 30.1 Å². The van der Waals surface area contributed by atoms with Crippen LogP contribution in [0.4, 0.5) is 4.39 Å². The summed E-state index contributed by atoms with van der Waals surface area (Å²) >= 11 is 0. The van der Waals surface area contributed by atoms with Crippen molar-refractivity contribution < 1.29 is 18.7 Å². The Balaban J connectivity index is 1.53. The maximum absolute atomic E-state index is 14.2. The van der Waals surface area contributed by atoms with Crippen LogP contribution in [0, 0.1) is 12.7 Å². The van der Waals surface area contributed by atoms with Crippen LogP contribution in [-0.2, 0) is 16.0 Å². The standard InChI is InChI=1S/C27H22FN5O3/c1-16-4-3-5-21(31-16)27-26(18-7-9-20-22(14-18)30-11-10-29-20)32-24(33-27)13-17-6-8-19(28)23(12-17)36-15-25(34)35-2/h3-12,14H,13,15H2,1-2H3,(H,32,33). The number of fused-ring (bicyclic) bond motifs is 1. The Morgan fingerprint density at radius 3 is 2.64 bits per heavy atom. The van der Waals surface area contributed by atoms with Crippen LogP contribution in [-0.4, -0.2) is 44.6 Å². The first-order valence-electron chi connectivity index (χ1n) is 11.2. The van der Waals surface area contributed by atoms with Crippen molar-refractivity contribution in [2.45, 2.75) is 13.3 Å². The number of methoxy groups -OCH3 is 1. The lowest BCUT2D eigenvalue weighted by molar-refractivity contribution is -0.142. The molecule has 1 N–H and O–H groups in total. The highest BCUT2D eigenvalue weighted by Gasteiger charge is 2.17. The van der Waals surface area contributed by atoms with Gasteiger partial charge in [0.05, 0.1) is 35.2 Å². The molecule has 180 valence electrons. The van der Waals surface area contributed by atoms with E-state index in [2.05, 4.69) is 24.7 Å². The van der Waals surface area contributed by atoms with Crippen molar-refractivity contribution in [2.75, 3.05) is 13.7 Å². The molecule has 0 unspecified atom stereocenters. The van der Waals surface area contributed by atoms with Gasteiger partial charge in [-0.3, -0.25) is 15.0 Å². The quantitative estimate of drug-likeness (QED) is 0.336. The number of aromatic amines is 1. The zero-order chi connectivity index (χ0) is 25.1. The predicted octanol–water partition coefficient (Wildman–Crippen LogP) is 4.67. The molecule has 8 nitrogen and oxygen atoms in total. The molecule has 0 amide bonds. The molecule has 0 saturated heterocycles. The second-order valence-corrected chi connectivity index (χ2v) is 8.14. The van der Waals surface area contributed by atoms with Gasteiger partial charge in [0.1, 0.15) is 5.82 Å². The molecule has 0 fully saturated rings. The van der Waals surface area contributed by atoms with E-state index in [1.54, 1.807) is 24.5 Å². The summed E-state index contributed by atoms with van der Waals surface area (Å²) in [5.74, 6) is -0.526. The monoisotopic (exact) mass is 483 g/mol. The van der Waals surface area contributed by atoms with Crippen molar-refractivity contribution in [3.05, 3.63) is 89.9 Å². The van der Waals surface area contributed by atoms with Gasteiger partial charge in [-0.1, -0.05) is 18.2 Å². The molecule has 36 heavy (non-hydrogen) atoms. The number of esters is 1. The second-order valence-electron chi connectivity index (χ2n) is 8.14. The molecule has 0 aliphatic carbocycles. The van der Waals surface area contributed by atoms with Gasteiger partial charge in [-0.15, -0.1) is 0 Å². The zero-order valence-corrected chi connectivity index (χ0v) is 19.7. The van der Waals surface area contributed by atoms with Gasteiger partial charge in [-0.05, 0) is 48.9 Å². The maximum Gasteiger partial charge on any atom is 0.343 e. The molecular formula is C27H22FN5O3. The third kappa shape index (κ3) is 4.90. The number of rotatable bonds is 7.